The second-order valence-corrected chi connectivity index (χ2v) is 6.50. The Morgan fingerprint density at radius 3 is 2.88 bits per heavy atom. The molecule has 2 aromatic rings. The van der Waals surface area contributed by atoms with Gasteiger partial charge in [0.1, 0.15) is 5.69 Å². The lowest BCUT2D eigenvalue weighted by Gasteiger charge is -2.28. The third-order valence-electron chi connectivity index (χ3n) is 4.16. The lowest BCUT2D eigenvalue weighted by molar-refractivity contribution is 0.0926. The molecule has 1 aliphatic heterocycles. The molecule has 0 spiro atoms. The first-order chi connectivity index (χ1) is 11.0. The van der Waals surface area contributed by atoms with Gasteiger partial charge in [-0.05, 0) is 32.4 Å². The van der Waals surface area contributed by atoms with Crippen LogP contribution in [-0.4, -0.2) is 34.3 Å². The first-order valence-electron chi connectivity index (χ1n) is 7.87. The zero-order chi connectivity index (χ0) is 16.4. The number of nitrogens with zero attached hydrogens (tertiary/aromatic N) is 2. The summed E-state index contributed by atoms with van der Waals surface area (Å²) in [7, 11) is 1.81. The van der Waals surface area contributed by atoms with Crippen molar-refractivity contribution in [2.75, 3.05) is 6.54 Å². The summed E-state index contributed by atoms with van der Waals surface area (Å²) < 4.78 is 1.65. The van der Waals surface area contributed by atoms with Crippen molar-refractivity contribution in [3.63, 3.8) is 0 Å². The molecule has 2 N–H and O–H groups in total. The van der Waals surface area contributed by atoms with Gasteiger partial charge in [-0.2, -0.15) is 5.10 Å². The fourth-order valence-electron chi connectivity index (χ4n) is 3.03. The van der Waals surface area contributed by atoms with Crippen molar-refractivity contribution in [2.24, 2.45) is 7.05 Å². The van der Waals surface area contributed by atoms with Crippen molar-refractivity contribution < 1.29 is 4.79 Å². The van der Waals surface area contributed by atoms with Gasteiger partial charge in [0, 0.05) is 30.9 Å². The molecule has 1 amide bonds. The molecule has 130 valence electrons. The monoisotopic (exact) mass is 368 g/mol. The Bertz CT molecular complexity index is 716. The minimum absolute atomic E-state index is 0. The normalized spacial score (nSPS) is 20.3. The number of halogens is 2. The molecule has 1 aromatic heterocycles. The van der Waals surface area contributed by atoms with Crippen molar-refractivity contribution in [3.05, 3.63) is 41.0 Å². The fraction of sp³-hybridized carbons (Fsp3) is 0.412. The van der Waals surface area contributed by atoms with Gasteiger partial charge in [-0.25, -0.2) is 0 Å². The zero-order valence-corrected chi connectivity index (χ0v) is 15.3. The quantitative estimate of drug-likeness (QED) is 0.875. The van der Waals surface area contributed by atoms with Crippen LogP contribution in [0.25, 0.3) is 11.3 Å². The molecule has 2 unspecified atom stereocenters. The minimum Gasteiger partial charge on any atom is -0.349 e. The number of hydrogen-bond donors (Lipinski definition) is 2. The van der Waals surface area contributed by atoms with Crippen LogP contribution < -0.4 is 10.6 Å². The number of rotatable bonds is 3. The van der Waals surface area contributed by atoms with Crippen molar-refractivity contribution in [3.8, 4) is 11.3 Å². The van der Waals surface area contributed by atoms with Crippen LogP contribution >= 0.6 is 24.0 Å². The molecule has 3 rings (SSSR count). The predicted octanol–water partition coefficient (Wildman–Crippen LogP) is 3.03. The molecular weight excluding hydrogens is 347 g/mol. The molecule has 2 atom stereocenters. The number of aryl methyl sites for hydroxylation is 1. The highest BCUT2D eigenvalue weighted by Crippen LogP contribution is 2.29. The summed E-state index contributed by atoms with van der Waals surface area (Å²) in [6, 6.07) is 8.07. The number of amides is 1. The van der Waals surface area contributed by atoms with Crippen molar-refractivity contribution in [1.82, 2.24) is 20.4 Å². The fourth-order valence-corrected chi connectivity index (χ4v) is 3.26. The van der Waals surface area contributed by atoms with Gasteiger partial charge >= 0.3 is 0 Å². The molecule has 0 bridgehead atoms. The Hall–Kier alpha value is -1.56. The molecular formula is C17H22Cl2N4O. The van der Waals surface area contributed by atoms with E-state index in [1.165, 1.54) is 0 Å². The maximum atomic E-state index is 12.7. The van der Waals surface area contributed by atoms with Crippen LogP contribution in [-0.2, 0) is 7.05 Å². The maximum absolute atomic E-state index is 12.7. The number of aromatic nitrogens is 2. The highest BCUT2D eigenvalue weighted by Gasteiger charge is 2.24. The first-order valence-corrected chi connectivity index (χ1v) is 8.25. The van der Waals surface area contributed by atoms with Crippen molar-refractivity contribution in [1.29, 1.82) is 0 Å². The predicted molar refractivity (Wildman–Crippen MR) is 98.9 cm³/mol. The molecule has 1 aromatic carbocycles. The van der Waals surface area contributed by atoms with E-state index in [9.17, 15) is 4.79 Å². The van der Waals surface area contributed by atoms with Crippen LogP contribution in [0.1, 0.15) is 30.1 Å². The van der Waals surface area contributed by atoms with Gasteiger partial charge in [0.15, 0.2) is 0 Å². The van der Waals surface area contributed by atoms with Crippen LogP contribution in [0, 0.1) is 0 Å². The summed E-state index contributed by atoms with van der Waals surface area (Å²) in [5.74, 6) is -0.0906. The van der Waals surface area contributed by atoms with Crippen LogP contribution in [0.3, 0.4) is 0 Å². The van der Waals surface area contributed by atoms with Crippen LogP contribution in [0.15, 0.2) is 30.5 Å². The van der Waals surface area contributed by atoms with Crippen molar-refractivity contribution in [2.45, 2.75) is 31.8 Å². The summed E-state index contributed by atoms with van der Waals surface area (Å²) in [5.41, 5.74) is 1.96. The first kappa shape index (κ1) is 18.8. The highest BCUT2D eigenvalue weighted by atomic mass is 35.5. The Morgan fingerprint density at radius 2 is 2.17 bits per heavy atom. The number of carbonyl (C=O) groups excluding carboxylic acids is 1. The van der Waals surface area contributed by atoms with E-state index in [1.54, 1.807) is 10.9 Å². The number of benzene rings is 1. The number of hydrogen-bond acceptors (Lipinski definition) is 3. The maximum Gasteiger partial charge on any atom is 0.255 e. The summed E-state index contributed by atoms with van der Waals surface area (Å²) in [5, 5.41) is 11.5. The minimum atomic E-state index is -0.0906. The summed E-state index contributed by atoms with van der Waals surface area (Å²) >= 11 is 6.27. The molecule has 0 radical (unpaired) electrons. The average Bonchev–Trinajstić information content (AvgIpc) is 2.89. The summed E-state index contributed by atoms with van der Waals surface area (Å²) in [4.78, 5) is 12.7. The van der Waals surface area contributed by atoms with E-state index in [1.807, 2.05) is 31.3 Å². The molecule has 24 heavy (non-hydrogen) atoms. The average molecular weight is 369 g/mol. The van der Waals surface area contributed by atoms with Gasteiger partial charge in [-0.1, -0.05) is 29.8 Å². The van der Waals surface area contributed by atoms with Gasteiger partial charge in [0.2, 0.25) is 0 Å². The van der Waals surface area contributed by atoms with Crippen molar-refractivity contribution >= 4 is 29.9 Å². The number of piperidine rings is 1. The smallest absolute Gasteiger partial charge is 0.255 e. The number of carbonyl (C=O) groups is 1. The Balaban J connectivity index is 0.00000208. The molecule has 2 heterocycles. The molecule has 5 nitrogen and oxygen atoms in total. The largest absolute Gasteiger partial charge is 0.349 e. The highest BCUT2D eigenvalue weighted by molar-refractivity contribution is 6.33. The molecule has 1 saturated heterocycles. The van der Waals surface area contributed by atoms with E-state index >= 15 is 0 Å². The molecule has 0 saturated carbocycles. The Kier molecular flexibility index (Phi) is 6.27. The number of nitrogens with one attached hydrogen (secondary N) is 2. The van der Waals surface area contributed by atoms with Crippen LogP contribution in [0.2, 0.25) is 5.02 Å². The van der Waals surface area contributed by atoms with Crippen LogP contribution in [0.5, 0.6) is 0 Å². The van der Waals surface area contributed by atoms with E-state index in [0.717, 1.165) is 24.9 Å². The van der Waals surface area contributed by atoms with Gasteiger partial charge < -0.3 is 10.6 Å². The standard InChI is InChI=1S/C17H21ClN4O.ClH/c1-11-9-12(7-8-19-11)20-17(23)14-10-22(2)21-16(14)13-5-3-4-6-15(13)18;/h3-6,10-12,19H,7-9H2,1-2H3,(H,20,23);1H. The van der Waals surface area contributed by atoms with Gasteiger partial charge in [-0.3, -0.25) is 9.48 Å². The third-order valence-corrected chi connectivity index (χ3v) is 4.49. The zero-order valence-electron chi connectivity index (χ0n) is 13.8. The molecule has 0 aliphatic carbocycles. The summed E-state index contributed by atoms with van der Waals surface area (Å²) in [6.45, 7) is 3.06. The summed E-state index contributed by atoms with van der Waals surface area (Å²) in [6.07, 6.45) is 3.63. The second kappa shape index (κ2) is 8.01. The van der Waals surface area contributed by atoms with E-state index < -0.39 is 0 Å². The topological polar surface area (TPSA) is 59.0 Å². The SMILES string of the molecule is CC1CC(NC(=O)c2cn(C)nc2-c2ccccc2Cl)CCN1.Cl. The lowest BCUT2D eigenvalue weighted by atomic mass is 10.00. The second-order valence-electron chi connectivity index (χ2n) is 6.09. The van der Waals surface area contributed by atoms with E-state index in [-0.39, 0.29) is 24.4 Å². The van der Waals surface area contributed by atoms with E-state index in [4.69, 9.17) is 11.6 Å². The Labute approximate surface area is 153 Å². The van der Waals surface area contributed by atoms with Crippen LogP contribution in [0.4, 0.5) is 0 Å². The molecule has 1 aliphatic rings. The molecule has 7 heteroatoms. The van der Waals surface area contributed by atoms with Gasteiger partial charge in [-0.15, -0.1) is 12.4 Å². The molecule has 1 fully saturated rings. The van der Waals surface area contributed by atoms with Gasteiger partial charge in [0.05, 0.1) is 10.6 Å². The Morgan fingerprint density at radius 1 is 1.42 bits per heavy atom. The third kappa shape index (κ3) is 4.09. The van der Waals surface area contributed by atoms with E-state index in [2.05, 4.69) is 22.7 Å². The lowest BCUT2D eigenvalue weighted by Crippen LogP contribution is -2.46. The van der Waals surface area contributed by atoms with E-state index in [0.29, 0.717) is 22.3 Å². The van der Waals surface area contributed by atoms with Gasteiger partial charge in [0.25, 0.3) is 5.91 Å².